The SMILES string of the molecule is [B]C1(CO[C@@H]2O[C@H](CO)[C@@H](O)[C@H](O)[C@H]2O)[B]C1([B])CO[C@@H]1O[C@H](CO)[C@H](O)[C@H](O)[C@H]1O. The molecule has 8 N–H and O–H groups in total. The monoisotopic (exact) mass is 443 g/mol. The number of hydrogen-bond donors (Lipinski definition) is 8. The lowest BCUT2D eigenvalue weighted by atomic mass is 9.67. The molecule has 3 saturated heterocycles. The lowest BCUT2D eigenvalue weighted by molar-refractivity contribution is -0.303. The van der Waals surface area contributed by atoms with E-state index in [0.29, 0.717) is 0 Å². The van der Waals surface area contributed by atoms with Crippen LogP contribution in [0.2, 0.25) is 10.4 Å². The van der Waals surface area contributed by atoms with Gasteiger partial charge in [0.1, 0.15) is 56.1 Å². The van der Waals surface area contributed by atoms with Crippen molar-refractivity contribution in [1.82, 2.24) is 0 Å². The molecule has 3 fully saturated rings. The average molecular weight is 443 g/mol. The first-order valence-corrected chi connectivity index (χ1v) is 9.77. The average Bonchev–Trinajstić information content (AvgIpc) is 3.30. The zero-order valence-corrected chi connectivity index (χ0v) is 16.5. The van der Waals surface area contributed by atoms with Crippen LogP contribution in [0.25, 0.3) is 0 Å². The van der Waals surface area contributed by atoms with Crippen molar-refractivity contribution in [2.75, 3.05) is 26.4 Å². The van der Waals surface area contributed by atoms with Crippen molar-refractivity contribution in [1.29, 1.82) is 0 Å². The molecule has 3 aliphatic rings. The lowest BCUT2D eigenvalue weighted by Gasteiger charge is -2.41. The zero-order chi connectivity index (χ0) is 23.1. The van der Waals surface area contributed by atoms with Gasteiger partial charge in [-0.15, -0.1) is 0 Å². The van der Waals surface area contributed by atoms with Gasteiger partial charge in [0.05, 0.1) is 28.9 Å². The molecule has 3 rings (SSSR count). The first-order valence-electron chi connectivity index (χ1n) is 9.77. The fraction of sp³-hybridized carbons (Fsp3) is 1.00. The molecule has 12 atom stereocenters. The van der Waals surface area contributed by atoms with E-state index in [4.69, 9.17) is 34.6 Å². The van der Waals surface area contributed by atoms with Gasteiger partial charge in [-0.3, -0.25) is 0 Å². The van der Waals surface area contributed by atoms with E-state index in [1.54, 1.807) is 0 Å². The highest BCUT2D eigenvalue weighted by molar-refractivity contribution is 6.81. The number of aliphatic hydroxyl groups excluding tert-OH is 8. The molecule has 5 radical (unpaired) electrons. The van der Waals surface area contributed by atoms with Gasteiger partial charge in [-0.1, -0.05) is 10.4 Å². The van der Waals surface area contributed by atoms with E-state index >= 15 is 0 Å². The third-order valence-corrected chi connectivity index (χ3v) is 5.97. The summed E-state index contributed by atoms with van der Waals surface area (Å²) in [6.45, 7) is -1.80. The Bertz CT molecular complexity index is 566. The molecule has 12 nitrogen and oxygen atoms in total. The fourth-order valence-corrected chi connectivity index (χ4v) is 3.63. The minimum absolute atomic E-state index is 0.287. The second-order valence-corrected chi connectivity index (χ2v) is 8.24. The molecule has 3 aliphatic heterocycles. The second kappa shape index (κ2) is 9.53. The summed E-state index contributed by atoms with van der Waals surface area (Å²) in [5, 5.41) is 75.1. The number of aliphatic hydroxyl groups is 8. The van der Waals surface area contributed by atoms with Crippen LogP contribution in [-0.4, -0.2) is 152 Å². The van der Waals surface area contributed by atoms with Gasteiger partial charge in [-0.25, -0.2) is 0 Å². The van der Waals surface area contributed by atoms with Gasteiger partial charge < -0.3 is 59.8 Å². The Balaban J connectivity index is 1.52. The third kappa shape index (κ3) is 4.83. The third-order valence-electron chi connectivity index (χ3n) is 5.97. The van der Waals surface area contributed by atoms with Crippen molar-refractivity contribution in [3.05, 3.63) is 0 Å². The maximum Gasteiger partial charge on any atom is 0.186 e. The number of rotatable bonds is 8. The molecule has 2 unspecified atom stereocenters. The Labute approximate surface area is 181 Å². The predicted octanol–water partition coefficient (Wildman–Crippen LogP) is -6.09. The first kappa shape index (κ1) is 25.3. The van der Waals surface area contributed by atoms with Gasteiger partial charge in [-0.2, -0.15) is 0 Å². The Morgan fingerprint density at radius 1 is 0.645 bits per heavy atom. The van der Waals surface area contributed by atoms with E-state index in [-0.39, 0.29) is 13.2 Å². The topological polar surface area (TPSA) is 199 Å². The molecule has 0 aromatic carbocycles. The molecular formula is C16H26B3O12. The van der Waals surface area contributed by atoms with Gasteiger partial charge in [-0.05, 0) is 0 Å². The molecule has 0 amide bonds. The van der Waals surface area contributed by atoms with Gasteiger partial charge in [0.15, 0.2) is 12.6 Å². The molecule has 0 aliphatic carbocycles. The maximum absolute atomic E-state index is 10.0. The van der Waals surface area contributed by atoms with E-state index in [1.165, 1.54) is 7.28 Å². The van der Waals surface area contributed by atoms with E-state index in [9.17, 15) is 40.9 Å². The zero-order valence-electron chi connectivity index (χ0n) is 16.5. The molecule has 171 valence electrons. The summed E-state index contributed by atoms with van der Waals surface area (Å²) in [4.78, 5) is 0. The minimum atomic E-state index is -1.61. The summed E-state index contributed by atoms with van der Waals surface area (Å²) >= 11 is 0. The van der Waals surface area contributed by atoms with Gasteiger partial charge in [0.25, 0.3) is 0 Å². The smallest absolute Gasteiger partial charge is 0.186 e. The van der Waals surface area contributed by atoms with E-state index in [0.717, 1.165) is 0 Å². The Morgan fingerprint density at radius 3 is 1.32 bits per heavy atom. The quantitative estimate of drug-likeness (QED) is 0.166. The maximum atomic E-state index is 10.0. The van der Waals surface area contributed by atoms with E-state index in [2.05, 4.69) is 0 Å². The van der Waals surface area contributed by atoms with Crippen LogP contribution in [0.5, 0.6) is 0 Å². The van der Waals surface area contributed by atoms with Crippen LogP contribution in [0, 0.1) is 0 Å². The summed E-state index contributed by atoms with van der Waals surface area (Å²) in [5.74, 6) is 0. The highest BCUT2D eigenvalue weighted by atomic mass is 16.7. The summed E-state index contributed by atoms with van der Waals surface area (Å²) < 4.78 is 21.3. The predicted molar refractivity (Wildman–Crippen MR) is 102 cm³/mol. The van der Waals surface area contributed by atoms with Gasteiger partial charge in [0, 0.05) is 13.2 Å². The summed E-state index contributed by atoms with van der Waals surface area (Å²) in [7, 11) is 13.8. The van der Waals surface area contributed by atoms with Crippen LogP contribution < -0.4 is 0 Å². The lowest BCUT2D eigenvalue weighted by Crippen LogP contribution is -2.59. The largest absolute Gasteiger partial charge is 0.394 e. The van der Waals surface area contributed by atoms with Crippen molar-refractivity contribution in [2.45, 2.75) is 71.8 Å². The van der Waals surface area contributed by atoms with E-state index in [1.807, 2.05) is 0 Å². The molecule has 3 heterocycles. The standard InChI is InChI=1S/C16H26B3O12/c17-15(3-28-13-11(26)9(24)7(22)5(1-20)30-13)16(18,19-15)4-29-14-12(27)10(25)8(23)6(2-21)31-14/h5-14,20-27H,1-4H2/t5-,6-,7-,8+,9+,10+,11-,12-,13-,14-,15?,16?/m1/s1. The molecule has 15 heteroatoms. The fourth-order valence-electron chi connectivity index (χ4n) is 3.63. The van der Waals surface area contributed by atoms with Crippen molar-refractivity contribution in [2.24, 2.45) is 0 Å². The van der Waals surface area contributed by atoms with Gasteiger partial charge >= 0.3 is 0 Å². The molecule has 0 spiro atoms. The van der Waals surface area contributed by atoms with Gasteiger partial charge in [0.2, 0.25) is 0 Å². The first-order chi connectivity index (χ1) is 14.5. The normalized spacial score (nSPS) is 52.5. The van der Waals surface area contributed by atoms with Crippen LogP contribution >= 0.6 is 0 Å². The highest BCUT2D eigenvalue weighted by Gasteiger charge is 2.61. The second-order valence-electron chi connectivity index (χ2n) is 8.24. The molecule has 31 heavy (non-hydrogen) atoms. The Kier molecular flexibility index (Phi) is 7.79. The highest BCUT2D eigenvalue weighted by Crippen LogP contribution is 2.64. The number of hydrogen-bond acceptors (Lipinski definition) is 12. The van der Waals surface area contributed by atoms with Crippen LogP contribution in [-0.2, 0) is 18.9 Å². The van der Waals surface area contributed by atoms with Crippen LogP contribution in [0.15, 0.2) is 0 Å². The van der Waals surface area contributed by atoms with Crippen LogP contribution in [0.3, 0.4) is 0 Å². The molecule has 0 bridgehead atoms. The van der Waals surface area contributed by atoms with Crippen LogP contribution in [0.4, 0.5) is 0 Å². The Hall–Kier alpha value is -0.285. The van der Waals surface area contributed by atoms with Crippen molar-refractivity contribution in [3.63, 3.8) is 0 Å². The summed E-state index contributed by atoms with van der Waals surface area (Å²) in [5.41, 5.74) is 0. The molecule has 0 saturated carbocycles. The summed E-state index contributed by atoms with van der Waals surface area (Å²) in [6, 6.07) is 0. The van der Waals surface area contributed by atoms with Crippen molar-refractivity contribution in [3.8, 4) is 0 Å². The molecule has 0 aromatic rings. The van der Waals surface area contributed by atoms with Crippen LogP contribution in [0.1, 0.15) is 0 Å². The minimum Gasteiger partial charge on any atom is -0.394 e. The van der Waals surface area contributed by atoms with Crippen molar-refractivity contribution < 1.29 is 59.8 Å². The molecule has 0 aromatic heterocycles. The van der Waals surface area contributed by atoms with E-state index < -0.39 is 85.1 Å². The summed E-state index contributed by atoms with van der Waals surface area (Å²) in [6.07, 6.45) is -14.5. The number of ether oxygens (including phenoxy) is 4. The Morgan fingerprint density at radius 2 is 1.00 bits per heavy atom. The van der Waals surface area contributed by atoms with Crippen molar-refractivity contribution >= 4 is 23.0 Å². The molecular weight excluding hydrogens is 417 g/mol.